The molecule has 2 aromatic rings. The predicted molar refractivity (Wildman–Crippen MR) is 152 cm³/mol. The van der Waals surface area contributed by atoms with E-state index in [0.29, 0.717) is 42.3 Å². The molecule has 0 saturated carbocycles. The second kappa shape index (κ2) is 11.0. The van der Waals surface area contributed by atoms with Crippen LogP contribution in [0.4, 0.5) is 17.6 Å². The van der Waals surface area contributed by atoms with E-state index in [4.69, 9.17) is 35.4 Å². The number of nitrogens with zero attached hydrogens (tertiary/aromatic N) is 5. The van der Waals surface area contributed by atoms with Crippen molar-refractivity contribution in [3.63, 3.8) is 0 Å². The molecule has 2 aromatic heterocycles. The minimum Gasteiger partial charge on any atom is -0.486 e. The molecule has 0 radical (unpaired) electrons. The molecule has 40 heavy (non-hydrogen) atoms. The van der Waals surface area contributed by atoms with Crippen molar-refractivity contribution in [1.29, 1.82) is 0 Å². The molecule has 4 aliphatic heterocycles. The van der Waals surface area contributed by atoms with Crippen molar-refractivity contribution in [1.82, 2.24) is 14.5 Å². The first kappa shape index (κ1) is 27.6. The Balaban J connectivity index is 1.19. The summed E-state index contributed by atoms with van der Waals surface area (Å²) in [6, 6.07) is 2.13. The first-order valence-electron chi connectivity index (χ1n) is 13.9. The molecular formula is C27H39N7O5S. The summed E-state index contributed by atoms with van der Waals surface area (Å²) < 4.78 is 24.3. The van der Waals surface area contributed by atoms with E-state index >= 15 is 0 Å². The van der Waals surface area contributed by atoms with Gasteiger partial charge in [-0.2, -0.15) is 4.98 Å². The Morgan fingerprint density at radius 3 is 2.83 bits per heavy atom. The molecule has 6 heterocycles. The number of fused-ring (bicyclic) bond motifs is 3. The van der Waals surface area contributed by atoms with E-state index in [2.05, 4.69) is 14.8 Å². The highest BCUT2D eigenvalue weighted by atomic mass is 32.2. The molecule has 0 bridgehead atoms. The Labute approximate surface area is 238 Å². The smallest absolute Gasteiger partial charge is 0.270 e. The first-order chi connectivity index (χ1) is 19.3. The number of rotatable bonds is 7. The van der Waals surface area contributed by atoms with Gasteiger partial charge in [-0.25, -0.2) is 4.98 Å². The van der Waals surface area contributed by atoms with E-state index < -0.39 is 0 Å². The first-order valence-corrected chi connectivity index (χ1v) is 14.7. The van der Waals surface area contributed by atoms with Gasteiger partial charge in [0.15, 0.2) is 11.6 Å². The molecule has 4 aliphatic rings. The number of methoxy groups -OCH3 is 1. The van der Waals surface area contributed by atoms with Gasteiger partial charge in [0.05, 0.1) is 30.3 Å². The van der Waals surface area contributed by atoms with Gasteiger partial charge in [-0.05, 0) is 32.3 Å². The molecule has 4 N–H and O–H groups in total. The summed E-state index contributed by atoms with van der Waals surface area (Å²) in [6.45, 7) is 6.53. The quantitative estimate of drug-likeness (QED) is 0.365. The zero-order valence-electron chi connectivity index (χ0n) is 23.4. The van der Waals surface area contributed by atoms with Gasteiger partial charge in [-0.3, -0.25) is 9.36 Å². The number of aromatic nitrogens is 3. The molecular weight excluding hydrogens is 534 g/mol. The molecule has 0 aromatic carbocycles. The maximum atomic E-state index is 13.6. The van der Waals surface area contributed by atoms with E-state index in [1.54, 1.807) is 24.9 Å². The lowest BCUT2D eigenvalue weighted by atomic mass is 9.73. The van der Waals surface area contributed by atoms with Gasteiger partial charge in [-0.15, -0.1) is 0 Å². The zero-order chi connectivity index (χ0) is 28.0. The lowest BCUT2D eigenvalue weighted by Gasteiger charge is -2.41. The summed E-state index contributed by atoms with van der Waals surface area (Å²) >= 11 is 1.29. The number of pyridine rings is 1. The highest BCUT2D eigenvalue weighted by molar-refractivity contribution is 7.99. The summed E-state index contributed by atoms with van der Waals surface area (Å²) in [7, 11) is 3.38. The molecule has 3 saturated heterocycles. The average Bonchev–Trinajstić information content (AvgIpc) is 3.50. The molecule has 1 spiro atoms. The van der Waals surface area contributed by atoms with E-state index in [9.17, 15) is 4.79 Å². The van der Waals surface area contributed by atoms with E-state index in [0.717, 1.165) is 49.6 Å². The van der Waals surface area contributed by atoms with Crippen molar-refractivity contribution in [2.45, 2.75) is 54.2 Å². The fraction of sp³-hybridized carbons (Fsp3) is 0.667. The van der Waals surface area contributed by atoms with Gasteiger partial charge in [0.1, 0.15) is 24.1 Å². The monoisotopic (exact) mass is 573 g/mol. The Morgan fingerprint density at radius 2 is 2.10 bits per heavy atom. The van der Waals surface area contributed by atoms with Gasteiger partial charge in [0, 0.05) is 57.4 Å². The van der Waals surface area contributed by atoms with Crippen LogP contribution in [0.3, 0.4) is 0 Å². The van der Waals surface area contributed by atoms with Crippen molar-refractivity contribution < 1.29 is 18.9 Å². The van der Waals surface area contributed by atoms with Crippen LogP contribution in [0.15, 0.2) is 26.8 Å². The lowest BCUT2D eigenvalue weighted by molar-refractivity contribution is -0.0414. The minimum absolute atomic E-state index is 0.0120. The third kappa shape index (κ3) is 4.81. The Kier molecular flexibility index (Phi) is 7.59. The van der Waals surface area contributed by atoms with Crippen molar-refractivity contribution in [2.75, 3.05) is 68.9 Å². The van der Waals surface area contributed by atoms with Crippen LogP contribution in [0.5, 0.6) is 5.75 Å². The predicted octanol–water partition coefficient (Wildman–Crippen LogP) is 1.45. The van der Waals surface area contributed by atoms with Crippen LogP contribution in [0.2, 0.25) is 0 Å². The fourth-order valence-corrected chi connectivity index (χ4v) is 7.54. The Bertz CT molecular complexity index is 1300. The van der Waals surface area contributed by atoms with Crippen LogP contribution >= 0.6 is 11.8 Å². The summed E-state index contributed by atoms with van der Waals surface area (Å²) in [5.74, 6) is 2.64. The van der Waals surface area contributed by atoms with Crippen LogP contribution in [0, 0.1) is 11.3 Å². The van der Waals surface area contributed by atoms with Crippen LogP contribution in [0.25, 0.3) is 0 Å². The second-order valence-electron chi connectivity index (χ2n) is 11.4. The van der Waals surface area contributed by atoms with Crippen molar-refractivity contribution in [3.8, 4) is 5.75 Å². The highest BCUT2D eigenvalue weighted by Crippen LogP contribution is 2.46. The minimum atomic E-state index is -0.182. The van der Waals surface area contributed by atoms with Crippen LogP contribution in [-0.4, -0.2) is 86.1 Å². The maximum absolute atomic E-state index is 13.6. The van der Waals surface area contributed by atoms with E-state index in [1.807, 2.05) is 13.0 Å². The lowest BCUT2D eigenvalue weighted by Crippen LogP contribution is -2.51. The summed E-state index contributed by atoms with van der Waals surface area (Å²) in [5, 5.41) is 0. The molecule has 12 nitrogen and oxygen atoms in total. The zero-order valence-corrected chi connectivity index (χ0v) is 24.2. The van der Waals surface area contributed by atoms with Gasteiger partial charge >= 0.3 is 0 Å². The Morgan fingerprint density at radius 1 is 1.30 bits per heavy atom. The maximum Gasteiger partial charge on any atom is 0.270 e. The molecule has 218 valence electrons. The molecule has 0 aliphatic carbocycles. The van der Waals surface area contributed by atoms with Crippen molar-refractivity contribution in [2.24, 2.45) is 24.1 Å². The number of nitrogens with two attached hydrogens (primary N) is 2. The van der Waals surface area contributed by atoms with Crippen LogP contribution in [0.1, 0.15) is 26.2 Å². The number of piperidine rings is 1. The van der Waals surface area contributed by atoms with Gasteiger partial charge in [0.25, 0.3) is 5.56 Å². The molecule has 6 rings (SSSR count). The molecule has 0 unspecified atom stereocenters. The molecule has 0 amide bonds. The topological polar surface area (TPSA) is 143 Å². The van der Waals surface area contributed by atoms with E-state index in [1.165, 1.54) is 11.8 Å². The summed E-state index contributed by atoms with van der Waals surface area (Å²) in [6.07, 6.45) is 4.57. The SMILES string of the molecule is COCOC[C@H]1C[C@H]2COc3c(Sc4c(N)nc(N5CCC6(CC5)CO[C@@H](C)[C@H]6N)n(C)c4=O)ccnc3N2C1. The number of anilines is 3. The Hall–Kier alpha value is -2.58. The van der Waals surface area contributed by atoms with Crippen molar-refractivity contribution >= 4 is 29.3 Å². The van der Waals surface area contributed by atoms with E-state index in [-0.39, 0.29) is 41.8 Å². The van der Waals surface area contributed by atoms with Crippen LogP contribution in [-0.2, 0) is 21.3 Å². The number of hydrogen-bond acceptors (Lipinski definition) is 12. The van der Waals surface area contributed by atoms with Crippen LogP contribution < -0.4 is 31.6 Å². The molecule has 13 heteroatoms. The second-order valence-corrected chi connectivity index (χ2v) is 12.5. The number of nitrogen functional groups attached to an aromatic ring is 1. The van der Waals surface area contributed by atoms with Gasteiger partial charge in [-0.1, -0.05) is 11.8 Å². The number of ether oxygens (including phenoxy) is 4. The fourth-order valence-electron chi connectivity index (χ4n) is 6.57. The normalized spacial score (nSPS) is 27.1. The van der Waals surface area contributed by atoms with Gasteiger partial charge < -0.3 is 40.2 Å². The third-order valence-electron chi connectivity index (χ3n) is 8.95. The standard InChI is InChI=1S/C27H39N7O5S/c1-16-22(28)27(14-39-16)5-8-33(9-6-27)26-31-23(29)21(25(35)32(26)2)40-19-4-7-30-24-20(19)38-13-18-10-17(11-34(18)24)12-37-15-36-3/h4,7,16-18,22H,5-6,8-15,28-29H2,1-3H3/t16-,17-,18-,22+/m0/s1. The average molecular weight is 574 g/mol. The largest absolute Gasteiger partial charge is 0.486 e. The third-order valence-corrected chi connectivity index (χ3v) is 10.1. The molecule has 3 fully saturated rings. The summed E-state index contributed by atoms with van der Waals surface area (Å²) in [4.78, 5) is 28.5. The molecule has 4 atom stereocenters. The number of hydrogen-bond donors (Lipinski definition) is 2. The highest BCUT2D eigenvalue weighted by Gasteiger charge is 2.48. The summed E-state index contributed by atoms with van der Waals surface area (Å²) in [5.41, 5.74) is 12.7. The van der Waals surface area contributed by atoms with Crippen molar-refractivity contribution in [3.05, 3.63) is 22.6 Å². The van der Waals surface area contributed by atoms with Gasteiger partial charge in [0.2, 0.25) is 5.95 Å².